The Kier molecular flexibility index (Phi) is 3.97. The summed E-state index contributed by atoms with van der Waals surface area (Å²) < 4.78 is 0. The molecule has 1 saturated heterocycles. The number of hydrogen-bond acceptors (Lipinski definition) is 4. The van der Waals surface area contributed by atoms with Gasteiger partial charge in [-0.3, -0.25) is 14.5 Å². The fourth-order valence-corrected chi connectivity index (χ4v) is 2.46. The lowest BCUT2D eigenvalue weighted by atomic mass is 9.97. The normalized spacial score (nSPS) is 19.1. The molecule has 5 heteroatoms. The average molecular weight is 277 g/mol. The quantitative estimate of drug-likeness (QED) is 0.821. The van der Waals surface area contributed by atoms with Gasteiger partial charge in [-0.15, -0.1) is 0 Å². The minimum absolute atomic E-state index is 0.0264. The molecule has 1 aromatic rings. The molecule has 2 rings (SSSR count). The van der Waals surface area contributed by atoms with Gasteiger partial charge in [0.2, 0.25) is 11.8 Å². The van der Waals surface area contributed by atoms with Gasteiger partial charge in [0.25, 0.3) is 0 Å². The Labute approximate surface area is 117 Å². The maximum atomic E-state index is 12.2. The standard InChI is InChI=1S/C15H19NO4/c1-9(2)8-16-14(19)6-11(15(16)20)5-10-3-4-12(17)7-13(10)18/h3-4,7,9,11,17-18H,5-6,8H2,1-2H3. The summed E-state index contributed by atoms with van der Waals surface area (Å²) in [6, 6.07) is 4.28. The van der Waals surface area contributed by atoms with Crippen LogP contribution in [0.2, 0.25) is 0 Å². The van der Waals surface area contributed by atoms with Crippen LogP contribution in [-0.2, 0) is 16.0 Å². The lowest BCUT2D eigenvalue weighted by molar-refractivity contribution is -0.139. The van der Waals surface area contributed by atoms with Crippen LogP contribution >= 0.6 is 0 Å². The van der Waals surface area contributed by atoms with Gasteiger partial charge in [-0.25, -0.2) is 0 Å². The maximum Gasteiger partial charge on any atom is 0.233 e. The lowest BCUT2D eigenvalue weighted by Crippen LogP contribution is -2.34. The van der Waals surface area contributed by atoms with E-state index in [4.69, 9.17) is 0 Å². The smallest absolute Gasteiger partial charge is 0.233 e. The molecule has 0 aliphatic carbocycles. The van der Waals surface area contributed by atoms with Crippen LogP contribution in [-0.4, -0.2) is 33.5 Å². The molecule has 1 aliphatic rings. The van der Waals surface area contributed by atoms with Crippen molar-refractivity contribution in [2.45, 2.75) is 26.7 Å². The van der Waals surface area contributed by atoms with E-state index in [1.165, 1.54) is 17.0 Å². The van der Waals surface area contributed by atoms with Crippen molar-refractivity contribution in [3.05, 3.63) is 23.8 Å². The highest BCUT2D eigenvalue weighted by Gasteiger charge is 2.38. The third kappa shape index (κ3) is 2.92. The number of carbonyl (C=O) groups excluding carboxylic acids is 2. The Morgan fingerprint density at radius 3 is 2.60 bits per heavy atom. The van der Waals surface area contributed by atoms with Crippen molar-refractivity contribution < 1.29 is 19.8 Å². The Bertz CT molecular complexity index is 539. The summed E-state index contributed by atoms with van der Waals surface area (Å²) in [6.45, 7) is 4.36. The summed E-state index contributed by atoms with van der Waals surface area (Å²) >= 11 is 0. The highest BCUT2D eigenvalue weighted by Crippen LogP contribution is 2.29. The summed E-state index contributed by atoms with van der Waals surface area (Å²) in [7, 11) is 0. The number of aromatic hydroxyl groups is 2. The first-order valence-corrected chi connectivity index (χ1v) is 6.73. The van der Waals surface area contributed by atoms with Gasteiger partial charge in [-0.05, 0) is 24.0 Å². The van der Waals surface area contributed by atoms with Gasteiger partial charge < -0.3 is 10.2 Å². The highest BCUT2D eigenvalue weighted by molar-refractivity contribution is 6.03. The largest absolute Gasteiger partial charge is 0.508 e. The van der Waals surface area contributed by atoms with E-state index in [1.807, 2.05) is 13.8 Å². The van der Waals surface area contributed by atoms with Gasteiger partial charge in [-0.2, -0.15) is 0 Å². The van der Waals surface area contributed by atoms with E-state index >= 15 is 0 Å². The zero-order valence-electron chi connectivity index (χ0n) is 11.7. The number of carbonyl (C=O) groups is 2. The molecule has 1 aliphatic heterocycles. The van der Waals surface area contributed by atoms with Crippen molar-refractivity contribution in [2.75, 3.05) is 6.54 Å². The summed E-state index contributed by atoms with van der Waals surface area (Å²) in [4.78, 5) is 25.4. The van der Waals surface area contributed by atoms with Crippen LogP contribution in [0.4, 0.5) is 0 Å². The predicted octanol–water partition coefficient (Wildman–Crippen LogP) is 1.67. The lowest BCUT2D eigenvalue weighted by Gasteiger charge is -2.17. The summed E-state index contributed by atoms with van der Waals surface area (Å²) in [5, 5.41) is 19.0. The highest BCUT2D eigenvalue weighted by atomic mass is 16.3. The van der Waals surface area contributed by atoms with Crippen molar-refractivity contribution in [3.8, 4) is 11.5 Å². The van der Waals surface area contributed by atoms with Gasteiger partial charge in [-0.1, -0.05) is 19.9 Å². The number of phenolic OH excluding ortho intramolecular Hbond substituents is 2. The third-order valence-electron chi connectivity index (χ3n) is 3.42. The predicted molar refractivity (Wildman–Crippen MR) is 73.1 cm³/mol. The number of amides is 2. The second-order valence-electron chi connectivity index (χ2n) is 5.65. The van der Waals surface area contributed by atoms with E-state index in [2.05, 4.69) is 0 Å². The number of rotatable bonds is 4. The molecular weight excluding hydrogens is 258 g/mol. The zero-order chi connectivity index (χ0) is 14.9. The van der Waals surface area contributed by atoms with E-state index in [1.54, 1.807) is 6.07 Å². The summed E-state index contributed by atoms with van der Waals surface area (Å²) in [5.41, 5.74) is 0.570. The SMILES string of the molecule is CC(C)CN1C(=O)CC(Cc2ccc(O)cc2O)C1=O. The molecule has 1 unspecified atom stereocenters. The van der Waals surface area contributed by atoms with E-state index in [0.717, 1.165) is 0 Å². The molecule has 0 saturated carbocycles. The molecule has 20 heavy (non-hydrogen) atoms. The minimum Gasteiger partial charge on any atom is -0.508 e. The second-order valence-corrected chi connectivity index (χ2v) is 5.65. The topological polar surface area (TPSA) is 77.8 Å². The summed E-state index contributed by atoms with van der Waals surface area (Å²) in [5.74, 6) is -0.572. The minimum atomic E-state index is -0.420. The fraction of sp³-hybridized carbons (Fsp3) is 0.467. The van der Waals surface area contributed by atoms with Gasteiger partial charge >= 0.3 is 0 Å². The van der Waals surface area contributed by atoms with Crippen molar-refractivity contribution in [2.24, 2.45) is 11.8 Å². The zero-order valence-corrected chi connectivity index (χ0v) is 11.7. The second kappa shape index (κ2) is 5.53. The first-order chi connectivity index (χ1) is 9.38. The van der Waals surface area contributed by atoms with Crippen molar-refractivity contribution in [1.82, 2.24) is 4.90 Å². The van der Waals surface area contributed by atoms with Gasteiger partial charge in [0.1, 0.15) is 11.5 Å². The molecular formula is C15H19NO4. The molecule has 1 heterocycles. The molecule has 1 fully saturated rings. The molecule has 1 aromatic carbocycles. The Morgan fingerprint density at radius 1 is 1.30 bits per heavy atom. The van der Waals surface area contributed by atoms with Gasteiger partial charge in [0.15, 0.2) is 0 Å². The van der Waals surface area contributed by atoms with Crippen LogP contribution < -0.4 is 0 Å². The van der Waals surface area contributed by atoms with E-state index < -0.39 is 5.92 Å². The third-order valence-corrected chi connectivity index (χ3v) is 3.42. The molecule has 108 valence electrons. The number of likely N-dealkylation sites (tertiary alicyclic amines) is 1. The van der Waals surface area contributed by atoms with Crippen LogP contribution in [0, 0.1) is 11.8 Å². The number of nitrogens with zero attached hydrogens (tertiary/aromatic N) is 1. The van der Waals surface area contributed by atoms with Crippen LogP contribution in [0.25, 0.3) is 0 Å². The Morgan fingerprint density at radius 2 is 2.00 bits per heavy atom. The first-order valence-electron chi connectivity index (χ1n) is 6.73. The van der Waals surface area contributed by atoms with Gasteiger partial charge in [0, 0.05) is 19.0 Å². The van der Waals surface area contributed by atoms with Crippen LogP contribution in [0.5, 0.6) is 11.5 Å². The fourth-order valence-electron chi connectivity index (χ4n) is 2.46. The average Bonchev–Trinajstić information content (AvgIpc) is 2.60. The molecule has 0 radical (unpaired) electrons. The van der Waals surface area contributed by atoms with Crippen LogP contribution in [0.1, 0.15) is 25.8 Å². The van der Waals surface area contributed by atoms with Crippen LogP contribution in [0.3, 0.4) is 0 Å². The Hall–Kier alpha value is -2.04. The van der Waals surface area contributed by atoms with Crippen molar-refractivity contribution >= 4 is 11.8 Å². The van der Waals surface area contributed by atoms with E-state index in [9.17, 15) is 19.8 Å². The van der Waals surface area contributed by atoms with Crippen LogP contribution in [0.15, 0.2) is 18.2 Å². The Balaban J connectivity index is 2.11. The van der Waals surface area contributed by atoms with Crippen molar-refractivity contribution in [3.63, 3.8) is 0 Å². The monoisotopic (exact) mass is 277 g/mol. The number of benzene rings is 1. The van der Waals surface area contributed by atoms with Crippen molar-refractivity contribution in [1.29, 1.82) is 0 Å². The van der Waals surface area contributed by atoms with Gasteiger partial charge in [0.05, 0.1) is 5.92 Å². The molecule has 0 bridgehead atoms. The maximum absolute atomic E-state index is 12.2. The molecule has 1 atom stereocenters. The number of hydrogen-bond donors (Lipinski definition) is 2. The summed E-state index contributed by atoms with van der Waals surface area (Å²) in [6.07, 6.45) is 0.497. The van der Waals surface area contributed by atoms with E-state index in [-0.39, 0.29) is 35.7 Å². The number of phenols is 2. The molecule has 0 aromatic heterocycles. The molecule has 0 spiro atoms. The first kappa shape index (κ1) is 14.4. The molecule has 5 nitrogen and oxygen atoms in total. The van der Waals surface area contributed by atoms with E-state index in [0.29, 0.717) is 18.5 Å². The molecule has 2 amide bonds. The number of imide groups is 1. The molecule has 2 N–H and O–H groups in total.